The lowest BCUT2D eigenvalue weighted by atomic mass is 10.0. The Morgan fingerprint density at radius 3 is 2.55 bits per heavy atom. The monoisotopic (exact) mass is 290 g/mol. The lowest BCUT2D eigenvalue weighted by molar-refractivity contribution is 0.491. The number of aryl methyl sites for hydroxylation is 1. The third-order valence-corrected chi connectivity index (χ3v) is 4.61. The summed E-state index contributed by atoms with van der Waals surface area (Å²) in [5, 5.41) is 7.23. The maximum atomic E-state index is 11.5. The third kappa shape index (κ3) is 1.72. The Hall–Kier alpha value is -1.92. The van der Waals surface area contributed by atoms with E-state index >= 15 is 0 Å². The van der Waals surface area contributed by atoms with Crippen LogP contribution in [0.3, 0.4) is 0 Å². The smallest absolute Gasteiger partial charge is 0.282 e. The summed E-state index contributed by atoms with van der Waals surface area (Å²) in [5.41, 5.74) is 4.62. The van der Waals surface area contributed by atoms with Crippen LogP contribution in [0.2, 0.25) is 0 Å². The van der Waals surface area contributed by atoms with Gasteiger partial charge < -0.3 is 0 Å². The number of rotatable bonds is 2. The molecule has 1 aromatic carbocycles. The highest BCUT2D eigenvalue weighted by atomic mass is 32.2. The molecule has 5 nitrogen and oxygen atoms in total. The molecule has 104 valence electrons. The van der Waals surface area contributed by atoms with Crippen molar-refractivity contribution in [2.75, 3.05) is 0 Å². The molecule has 2 aromatic rings. The Labute approximate surface area is 117 Å². The predicted molar refractivity (Wildman–Crippen MR) is 76.6 cm³/mol. The van der Waals surface area contributed by atoms with E-state index < -0.39 is 10.1 Å². The van der Waals surface area contributed by atoms with Gasteiger partial charge in [-0.05, 0) is 18.9 Å². The number of aromatic nitrogens is 2. The van der Waals surface area contributed by atoms with Crippen LogP contribution in [0.5, 0.6) is 0 Å². The first-order valence-corrected chi connectivity index (χ1v) is 7.75. The largest absolute Gasteiger partial charge is 0.290 e. The molecule has 0 spiro atoms. The number of benzene rings is 1. The van der Waals surface area contributed by atoms with Crippen molar-refractivity contribution in [1.82, 2.24) is 10.2 Å². The van der Waals surface area contributed by atoms with Crippen LogP contribution in [0.25, 0.3) is 16.8 Å². The van der Waals surface area contributed by atoms with Crippen LogP contribution in [-0.4, -0.2) is 23.2 Å². The Morgan fingerprint density at radius 2 is 1.95 bits per heavy atom. The second kappa shape index (κ2) is 4.29. The average molecular weight is 290 g/mol. The number of hydrogen-bond donors (Lipinski definition) is 2. The number of allylic oxidation sites excluding steroid dienone is 1. The molecule has 1 aliphatic carbocycles. The minimum atomic E-state index is -4.24. The van der Waals surface area contributed by atoms with E-state index in [1.165, 1.54) is 6.92 Å². The van der Waals surface area contributed by atoms with Crippen LogP contribution < -0.4 is 0 Å². The molecule has 6 heteroatoms. The van der Waals surface area contributed by atoms with Gasteiger partial charge in [0.1, 0.15) is 5.69 Å². The quantitative estimate of drug-likeness (QED) is 0.711. The molecule has 0 radical (unpaired) electrons. The first-order chi connectivity index (χ1) is 9.45. The molecule has 0 saturated heterocycles. The maximum absolute atomic E-state index is 11.5. The van der Waals surface area contributed by atoms with Crippen molar-refractivity contribution in [3.05, 3.63) is 46.0 Å². The van der Waals surface area contributed by atoms with E-state index in [0.29, 0.717) is 12.0 Å². The number of H-pyrrole nitrogens is 1. The summed E-state index contributed by atoms with van der Waals surface area (Å²) in [5.74, 6) is 0. The van der Waals surface area contributed by atoms with E-state index in [0.717, 1.165) is 28.1 Å². The van der Waals surface area contributed by atoms with Gasteiger partial charge in [0.2, 0.25) is 0 Å². The molecular formula is C14H14N2O3S. The average Bonchev–Trinajstić information content (AvgIpc) is 2.94. The third-order valence-electron chi connectivity index (χ3n) is 3.64. The van der Waals surface area contributed by atoms with Gasteiger partial charge in [0.25, 0.3) is 10.1 Å². The Kier molecular flexibility index (Phi) is 2.81. The molecule has 1 aromatic heterocycles. The lowest BCUT2D eigenvalue weighted by Crippen LogP contribution is -2.02. The van der Waals surface area contributed by atoms with Crippen molar-refractivity contribution in [2.24, 2.45) is 0 Å². The van der Waals surface area contributed by atoms with Gasteiger partial charge >= 0.3 is 0 Å². The van der Waals surface area contributed by atoms with Crippen molar-refractivity contribution in [2.45, 2.75) is 20.3 Å². The fraction of sp³-hybridized carbons (Fsp3) is 0.214. The number of aromatic amines is 1. The van der Waals surface area contributed by atoms with E-state index in [4.69, 9.17) is 0 Å². The van der Waals surface area contributed by atoms with Crippen molar-refractivity contribution < 1.29 is 13.0 Å². The summed E-state index contributed by atoms with van der Waals surface area (Å²) in [6.07, 6.45) is 0.707. The molecular weight excluding hydrogens is 276 g/mol. The molecule has 0 fully saturated rings. The Bertz CT molecular complexity index is 832. The molecule has 0 aliphatic heterocycles. The van der Waals surface area contributed by atoms with Crippen LogP contribution in [-0.2, 0) is 16.5 Å². The minimum Gasteiger partial charge on any atom is -0.282 e. The van der Waals surface area contributed by atoms with Crippen molar-refractivity contribution in [3.8, 4) is 11.3 Å². The maximum Gasteiger partial charge on any atom is 0.290 e. The van der Waals surface area contributed by atoms with Gasteiger partial charge in [-0.15, -0.1) is 0 Å². The first kappa shape index (κ1) is 13.1. The van der Waals surface area contributed by atoms with E-state index in [-0.39, 0.29) is 4.91 Å². The Balaban J connectivity index is 2.45. The highest BCUT2D eigenvalue weighted by Gasteiger charge is 2.32. The summed E-state index contributed by atoms with van der Waals surface area (Å²) in [4.78, 5) is -0.0419. The molecule has 0 saturated carbocycles. The van der Waals surface area contributed by atoms with Crippen LogP contribution in [0.15, 0.2) is 29.2 Å². The highest BCUT2D eigenvalue weighted by Crippen LogP contribution is 2.46. The normalized spacial score (nSPS) is 15.9. The standard InChI is InChI=1S/C14H14N2O3S/c1-3-11-13-12(8(2)20(17,18)19)9-6-4-5-7-10(9)14(13)16-15-11/h4-7H,3H2,1-2H3,(H,15,16)(H,17,18,19)/b12-8-. The summed E-state index contributed by atoms with van der Waals surface area (Å²) in [7, 11) is -4.24. The first-order valence-electron chi connectivity index (χ1n) is 6.31. The van der Waals surface area contributed by atoms with Gasteiger partial charge in [0, 0.05) is 22.4 Å². The number of nitrogens with zero attached hydrogens (tertiary/aromatic N) is 1. The predicted octanol–water partition coefficient (Wildman–Crippen LogP) is 2.62. The topological polar surface area (TPSA) is 83.0 Å². The fourth-order valence-electron chi connectivity index (χ4n) is 2.64. The molecule has 2 N–H and O–H groups in total. The number of fused-ring (bicyclic) bond motifs is 3. The van der Waals surface area contributed by atoms with Crippen LogP contribution in [0.1, 0.15) is 30.7 Å². The summed E-state index contributed by atoms with van der Waals surface area (Å²) in [6, 6.07) is 7.48. The van der Waals surface area contributed by atoms with Crippen molar-refractivity contribution >= 4 is 15.7 Å². The minimum absolute atomic E-state index is 0.0419. The molecule has 0 atom stereocenters. The van der Waals surface area contributed by atoms with E-state index in [2.05, 4.69) is 10.2 Å². The molecule has 0 bridgehead atoms. The fourth-order valence-corrected chi connectivity index (χ4v) is 3.11. The molecule has 3 rings (SSSR count). The number of nitrogens with one attached hydrogen (secondary N) is 1. The molecule has 1 aliphatic rings. The summed E-state index contributed by atoms with van der Waals surface area (Å²) >= 11 is 0. The SMILES string of the molecule is CCc1[nH]nc2c1/C(=C(/C)S(=O)(=O)O)c1ccccc1-2. The van der Waals surface area contributed by atoms with Gasteiger partial charge in [-0.3, -0.25) is 9.65 Å². The van der Waals surface area contributed by atoms with Crippen LogP contribution in [0, 0.1) is 0 Å². The molecule has 20 heavy (non-hydrogen) atoms. The van der Waals surface area contributed by atoms with Crippen molar-refractivity contribution in [3.63, 3.8) is 0 Å². The van der Waals surface area contributed by atoms with E-state index in [1.54, 1.807) is 0 Å². The molecule has 0 unspecified atom stereocenters. The van der Waals surface area contributed by atoms with Crippen molar-refractivity contribution in [1.29, 1.82) is 0 Å². The molecule has 1 heterocycles. The number of hydrogen-bond acceptors (Lipinski definition) is 3. The second-order valence-corrected chi connectivity index (χ2v) is 6.29. The van der Waals surface area contributed by atoms with Gasteiger partial charge in [-0.1, -0.05) is 31.2 Å². The zero-order chi connectivity index (χ0) is 14.5. The van der Waals surface area contributed by atoms with E-state index in [9.17, 15) is 13.0 Å². The van der Waals surface area contributed by atoms with Gasteiger partial charge in [-0.2, -0.15) is 13.5 Å². The zero-order valence-electron chi connectivity index (χ0n) is 11.1. The summed E-state index contributed by atoms with van der Waals surface area (Å²) < 4.78 is 32.4. The van der Waals surface area contributed by atoms with Gasteiger partial charge in [0.05, 0.1) is 4.91 Å². The van der Waals surface area contributed by atoms with Crippen LogP contribution in [0.4, 0.5) is 0 Å². The Morgan fingerprint density at radius 1 is 1.30 bits per heavy atom. The van der Waals surface area contributed by atoms with Gasteiger partial charge in [-0.25, -0.2) is 0 Å². The molecule has 0 amide bonds. The van der Waals surface area contributed by atoms with E-state index in [1.807, 2.05) is 31.2 Å². The highest BCUT2D eigenvalue weighted by molar-refractivity contribution is 7.90. The van der Waals surface area contributed by atoms with Gasteiger partial charge in [0.15, 0.2) is 0 Å². The van der Waals surface area contributed by atoms with Crippen LogP contribution >= 0.6 is 0 Å². The lowest BCUT2D eigenvalue weighted by Gasteiger charge is -2.07. The second-order valence-electron chi connectivity index (χ2n) is 4.73. The summed E-state index contributed by atoms with van der Waals surface area (Å²) in [6.45, 7) is 3.39. The zero-order valence-corrected chi connectivity index (χ0v) is 12.0.